The van der Waals surface area contributed by atoms with Crippen LogP contribution in [0.5, 0.6) is 0 Å². The van der Waals surface area contributed by atoms with Crippen molar-refractivity contribution in [2.45, 2.75) is 27.2 Å². The highest BCUT2D eigenvalue weighted by atomic mass is 127. The number of rotatable bonds is 3. The first kappa shape index (κ1) is 13.7. The van der Waals surface area contributed by atoms with E-state index >= 15 is 0 Å². The van der Waals surface area contributed by atoms with Gasteiger partial charge in [0.05, 0.1) is 14.1 Å². The van der Waals surface area contributed by atoms with Crippen LogP contribution in [0.2, 0.25) is 0 Å². The summed E-state index contributed by atoms with van der Waals surface area (Å²) in [5.41, 5.74) is 2.01. The molecule has 5 heteroatoms. The molecule has 0 aliphatic heterocycles. The highest BCUT2D eigenvalue weighted by Crippen LogP contribution is 2.26. The van der Waals surface area contributed by atoms with Crippen molar-refractivity contribution in [2.24, 2.45) is 5.92 Å². The van der Waals surface area contributed by atoms with Crippen LogP contribution in [0, 0.1) is 16.4 Å². The molecule has 0 saturated carbocycles. The van der Waals surface area contributed by atoms with Crippen LogP contribution < -0.4 is 5.56 Å². The predicted molar refractivity (Wildman–Crippen MR) is 84.2 cm³/mol. The first-order valence-corrected chi connectivity index (χ1v) is 7.78. The molecule has 0 spiro atoms. The average molecular weight is 374 g/mol. The van der Waals surface area contributed by atoms with Crippen molar-refractivity contribution in [3.05, 3.63) is 36.6 Å². The van der Waals surface area contributed by atoms with E-state index in [1.165, 1.54) is 0 Å². The van der Waals surface area contributed by atoms with Gasteiger partial charge in [-0.05, 0) is 58.9 Å². The summed E-state index contributed by atoms with van der Waals surface area (Å²) in [4.78, 5) is 20.5. The second kappa shape index (κ2) is 5.52. The zero-order valence-corrected chi connectivity index (χ0v) is 13.6. The molecule has 0 radical (unpaired) electrons. The highest BCUT2D eigenvalue weighted by Gasteiger charge is 2.13. The zero-order chi connectivity index (χ0) is 13.3. The van der Waals surface area contributed by atoms with Crippen LogP contribution in [-0.2, 0) is 6.42 Å². The maximum Gasteiger partial charge on any atom is 0.264 e. The number of hydrogen-bond acceptors (Lipinski definition) is 3. The van der Waals surface area contributed by atoms with Crippen molar-refractivity contribution in [3.63, 3.8) is 0 Å². The Morgan fingerprint density at radius 3 is 2.78 bits per heavy atom. The van der Waals surface area contributed by atoms with E-state index < -0.39 is 0 Å². The summed E-state index contributed by atoms with van der Waals surface area (Å²) in [6, 6.07) is 2.04. The van der Waals surface area contributed by atoms with Gasteiger partial charge >= 0.3 is 0 Å². The number of H-pyrrole nitrogens is 1. The molecule has 0 amide bonds. The van der Waals surface area contributed by atoms with Crippen molar-refractivity contribution in [3.8, 4) is 10.7 Å². The van der Waals surface area contributed by atoms with Crippen LogP contribution in [0.4, 0.5) is 0 Å². The fraction of sp³-hybridized carbons (Fsp3) is 0.385. The first-order chi connectivity index (χ1) is 8.49. The highest BCUT2D eigenvalue weighted by molar-refractivity contribution is 14.1. The van der Waals surface area contributed by atoms with Crippen LogP contribution in [0.3, 0.4) is 0 Å². The van der Waals surface area contributed by atoms with Gasteiger partial charge in [0.2, 0.25) is 0 Å². The van der Waals surface area contributed by atoms with Gasteiger partial charge in [-0.25, -0.2) is 4.98 Å². The predicted octanol–water partition coefficient (Wildman–Crippen LogP) is 3.61. The molecule has 0 unspecified atom stereocenters. The molecule has 0 atom stereocenters. The monoisotopic (exact) mass is 374 g/mol. The second-order valence-electron chi connectivity index (χ2n) is 4.71. The molecule has 0 aliphatic rings. The van der Waals surface area contributed by atoms with Crippen molar-refractivity contribution in [1.82, 2.24) is 9.97 Å². The Kier molecular flexibility index (Phi) is 4.21. The van der Waals surface area contributed by atoms with Gasteiger partial charge in [-0.2, -0.15) is 0 Å². The molecule has 0 aliphatic carbocycles. The Labute approximate surface area is 124 Å². The van der Waals surface area contributed by atoms with Crippen molar-refractivity contribution in [1.29, 1.82) is 0 Å². The van der Waals surface area contributed by atoms with Crippen molar-refractivity contribution >= 4 is 33.9 Å². The summed E-state index contributed by atoms with van der Waals surface area (Å²) in [6.45, 7) is 6.30. The van der Waals surface area contributed by atoms with Gasteiger partial charge < -0.3 is 4.98 Å². The van der Waals surface area contributed by atoms with E-state index in [1.54, 1.807) is 11.3 Å². The van der Waals surface area contributed by atoms with Gasteiger partial charge in [0.1, 0.15) is 0 Å². The summed E-state index contributed by atoms with van der Waals surface area (Å²) < 4.78 is 0.708. The maximum absolute atomic E-state index is 12.0. The number of halogens is 1. The standard InChI is InChI=1S/C13H15IN2OS/c1-7(2)6-9-10(14)13(17)16-12(15-9)11-8(3)4-5-18-11/h4-5,7H,6H2,1-3H3,(H,15,16,17). The van der Waals surface area contributed by atoms with Crippen LogP contribution in [0.15, 0.2) is 16.2 Å². The molecular formula is C13H15IN2OS. The van der Waals surface area contributed by atoms with Gasteiger partial charge in [-0.1, -0.05) is 13.8 Å². The molecule has 18 heavy (non-hydrogen) atoms. The summed E-state index contributed by atoms with van der Waals surface area (Å²) in [5, 5.41) is 2.02. The normalized spacial score (nSPS) is 11.2. The third-order valence-corrected chi connectivity index (χ3v) is 4.75. The van der Waals surface area contributed by atoms with Crippen LogP contribution in [-0.4, -0.2) is 9.97 Å². The molecule has 2 aromatic heterocycles. The lowest BCUT2D eigenvalue weighted by atomic mass is 10.1. The summed E-state index contributed by atoms with van der Waals surface area (Å²) in [6.07, 6.45) is 0.833. The smallest absolute Gasteiger partial charge is 0.264 e. The summed E-state index contributed by atoms with van der Waals surface area (Å²) in [7, 11) is 0. The van der Waals surface area contributed by atoms with E-state index in [4.69, 9.17) is 0 Å². The molecule has 0 saturated heterocycles. The number of hydrogen-bond donors (Lipinski definition) is 1. The maximum atomic E-state index is 12.0. The Bertz CT molecular complexity index is 616. The Morgan fingerprint density at radius 1 is 1.50 bits per heavy atom. The van der Waals surface area contributed by atoms with E-state index in [9.17, 15) is 4.79 Å². The molecule has 0 aromatic carbocycles. The zero-order valence-electron chi connectivity index (χ0n) is 10.6. The molecule has 1 N–H and O–H groups in total. The lowest BCUT2D eigenvalue weighted by Gasteiger charge is -2.08. The van der Waals surface area contributed by atoms with Gasteiger partial charge in [0.15, 0.2) is 5.82 Å². The van der Waals surface area contributed by atoms with E-state index in [0.29, 0.717) is 15.3 Å². The molecule has 0 bridgehead atoms. The molecule has 0 fully saturated rings. The van der Waals surface area contributed by atoms with Gasteiger partial charge in [-0.3, -0.25) is 4.79 Å². The molecule has 2 aromatic rings. The Balaban J connectivity index is 2.54. The first-order valence-electron chi connectivity index (χ1n) is 5.82. The molecule has 2 heterocycles. The van der Waals surface area contributed by atoms with Gasteiger partial charge in [0, 0.05) is 0 Å². The Morgan fingerprint density at radius 2 is 2.22 bits per heavy atom. The Hall–Kier alpha value is -0.690. The number of aryl methyl sites for hydroxylation is 1. The molecule has 96 valence electrons. The van der Waals surface area contributed by atoms with E-state index in [-0.39, 0.29) is 5.56 Å². The minimum atomic E-state index is -0.0379. The SMILES string of the molecule is Cc1ccsc1-c1nc(CC(C)C)c(I)c(=O)[nH]1. The third kappa shape index (κ3) is 2.83. The fourth-order valence-corrected chi connectivity index (χ4v) is 3.10. The molecular weight excluding hydrogens is 359 g/mol. The molecule has 3 nitrogen and oxygen atoms in total. The lowest BCUT2D eigenvalue weighted by molar-refractivity contribution is 0.631. The third-order valence-electron chi connectivity index (χ3n) is 2.61. The number of aromatic amines is 1. The molecule has 2 rings (SSSR count). The largest absolute Gasteiger partial charge is 0.305 e. The minimum Gasteiger partial charge on any atom is -0.305 e. The number of aromatic nitrogens is 2. The number of thiophene rings is 1. The fourth-order valence-electron chi connectivity index (χ4n) is 1.75. The van der Waals surface area contributed by atoms with Crippen LogP contribution >= 0.6 is 33.9 Å². The van der Waals surface area contributed by atoms with Crippen molar-refractivity contribution < 1.29 is 0 Å². The van der Waals surface area contributed by atoms with Crippen LogP contribution in [0.25, 0.3) is 10.7 Å². The minimum absolute atomic E-state index is 0.0379. The summed E-state index contributed by atoms with van der Waals surface area (Å²) in [5.74, 6) is 1.19. The van der Waals surface area contributed by atoms with Gasteiger partial charge in [0.25, 0.3) is 5.56 Å². The summed E-state index contributed by atoms with van der Waals surface area (Å²) >= 11 is 3.69. The lowest BCUT2D eigenvalue weighted by Crippen LogP contribution is -2.17. The van der Waals surface area contributed by atoms with E-state index in [0.717, 1.165) is 22.6 Å². The van der Waals surface area contributed by atoms with E-state index in [2.05, 4.69) is 46.4 Å². The number of nitrogens with zero attached hydrogens (tertiary/aromatic N) is 1. The second-order valence-corrected chi connectivity index (χ2v) is 6.70. The van der Waals surface area contributed by atoms with E-state index in [1.807, 2.05) is 18.4 Å². The van der Waals surface area contributed by atoms with Gasteiger partial charge in [-0.15, -0.1) is 11.3 Å². The number of nitrogens with one attached hydrogen (secondary N) is 1. The average Bonchev–Trinajstić information content (AvgIpc) is 2.70. The quantitative estimate of drug-likeness (QED) is 0.835. The van der Waals surface area contributed by atoms with Crippen molar-refractivity contribution in [2.75, 3.05) is 0 Å². The van der Waals surface area contributed by atoms with Crippen LogP contribution in [0.1, 0.15) is 25.1 Å². The topological polar surface area (TPSA) is 45.8 Å².